The number of benzene rings is 2. The molecule has 0 saturated carbocycles. The van der Waals surface area contributed by atoms with Gasteiger partial charge in [0.2, 0.25) is 6.41 Å². The minimum Gasteiger partial charge on any atom is -0.381 e. The summed E-state index contributed by atoms with van der Waals surface area (Å²) in [5.41, 5.74) is 4.43. The average molecular weight is 433 g/mol. The zero-order chi connectivity index (χ0) is 22.4. The molecule has 1 aliphatic heterocycles. The SMILES string of the molecule is CN(CC1(N(C=O)Cc2cccc(C=O)c2)CCOCC1)c1ccc(-c2cn[nH]c2)cc1. The van der Waals surface area contributed by atoms with E-state index in [-0.39, 0.29) is 5.54 Å². The number of hydrogen-bond acceptors (Lipinski definition) is 5. The van der Waals surface area contributed by atoms with E-state index >= 15 is 0 Å². The number of aromatic nitrogens is 2. The minimum atomic E-state index is -0.352. The summed E-state index contributed by atoms with van der Waals surface area (Å²) in [5, 5.41) is 6.85. The molecule has 1 N–H and O–H groups in total. The number of aromatic amines is 1. The Balaban J connectivity index is 1.54. The van der Waals surface area contributed by atoms with Crippen LogP contribution in [0.15, 0.2) is 60.9 Å². The van der Waals surface area contributed by atoms with Gasteiger partial charge >= 0.3 is 0 Å². The largest absolute Gasteiger partial charge is 0.381 e. The molecule has 0 unspecified atom stereocenters. The molecule has 4 rings (SSSR count). The fraction of sp³-hybridized carbons (Fsp3) is 0.320. The first-order valence-electron chi connectivity index (χ1n) is 10.8. The molecule has 7 heteroatoms. The van der Waals surface area contributed by atoms with Crippen molar-refractivity contribution in [3.05, 3.63) is 72.1 Å². The Hall–Kier alpha value is -3.45. The van der Waals surface area contributed by atoms with Crippen molar-refractivity contribution in [1.29, 1.82) is 0 Å². The predicted octanol–water partition coefficient (Wildman–Crippen LogP) is 3.53. The van der Waals surface area contributed by atoms with E-state index < -0.39 is 0 Å². The lowest BCUT2D eigenvalue weighted by molar-refractivity contribution is -0.128. The summed E-state index contributed by atoms with van der Waals surface area (Å²) in [6, 6.07) is 15.8. The van der Waals surface area contributed by atoms with E-state index in [1.165, 1.54) is 0 Å². The molecule has 1 aromatic heterocycles. The van der Waals surface area contributed by atoms with Gasteiger partial charge in [0, 0.05) is 56.4 Å². The van der Waals surface area contributed by atoms with Gasteiger partial charge in [0.1, 0.15) is 6.29 Å². The molecule has 1 saturated heterocycles. The summed E-state index contributed by atoms with van der Waals surface area (Å²) >= 11 is 0. The number of rotatable bonds is 9. The first kappa shape index (κ1) is 21.8. The van der Waals surface area contributed by atoms with Crippen LogP contribution in [-0.2, 0) is 16.1 Å². The molecule has 1 aliphatic rings. The molecule has 0 bridgehead atoms. The Labute approximate surface area is 188 Å². The van der Waals surface area contributed by atoms with Crippen molar-refractivity contribution in [2.24, 2.45) is 0 Å². The zero-order valence-corrected chi connectivity index (χ0v) is 18.2. The maximum atomic E-state index is 12.3. The number of aldehydes is 1. The van der Waals surface area contributed by atoms with Gasteiger partial charge < -0.3 is 14.5 Å². The highest BCUT2D eigenvalue weighted by molar-refractivity contribution is 5.75. The van der Waals surface area contributed by atoms with Crippen molar-refractivity contribution in [1.82, 2.24) is 15.1 Å². The normalized spacial score (nSPS) is 15.2. The summed E-state index contributed by atoms with van der Waals surface area (Å²) in [4.78, 5) is 27.5. The number of carbonyl (C=O) groups is 2. The van der Waals surface area contributed by atoms with Crippen LogP contribution in [0.2, 0.25) is 0 Å². The number of hydrogen-bond donors (Lipinski definition) is 1. The highest BCUT2D eigenvalue weighted by atomic mass is 16.5. The second-order valence-corrected chi connectivity index (χ2v) is 8.32. The first-order valence-corrected chi connectivity index (χ1v) is 10.8. The molecule has 0 spiro atoms. The maximum absolute atomic E-state index is 12.3. The third-order valence-corrected chi connectivity index (χ3v) is 6.27. The number of amides is 1. The molecule has 0 atom stereocenters. The van der Waals surface area contributed by atoms with Crippen LogP contribution in [0, 0.1) is 0 Å². The Morgan fingerprint density at radius 1 is 1.09 bits per heavy atom. The summed E-state index contributed by atoms with van der Waals surface area (Å²) < 4.78 is 5.63. The van der Waals surface area contributed by atoms with Crippen molar-refractivity contribution >= 4 is 18.4 Å². The third-order valence-electron chi connectivity index (χ3n) is 6.27. The second-order valence-electron chi connectivity index (χ2n) is 8.32. The van der Waals surface area contributed by atoms with Gasteiger partial charge in [-0.1, -0.05) is 30.3 Å². The van der Waals surface area contributed by atoms with E-state index in [0.29, 0.717) is 31.9 Å². The number of nitrogens with zero attached hydrogens (tertiary/aromatic N) is 3. The summed E-state index contributed by atoms with van der Waals surface area (Å²) in [7, 11) is 2.06. The third kappa shape index (κ3) is 4.73. The average Bonchev–Trinajstić information content (AvgIpc) is 3.38. The van der Waals surface area contributed by atoms with Crippen LogP contribution in [0.3, 0.4) is 0 Å². The minimum absolute atomic E-state index is 0.352. The van der Waals surface area contributed by atoms with Crippen molar-refractivity contribution in [3.8, 4) is 11.1 Å². The van der Waals surface area contributed by atoms with Crippen molar-refractivity contribution in [2.45, 2.75) is 24.9 Å². The number of ether oxygens (including phenoxy) is 1. The molecule has 7 nitrogen and oxygen atoms in total. The van der Waals surface area contributed by atoms with Gasteiger partial charge in [-0.05, 0) is 42.2 Å². The number of nitrogens with one attached hydrogen (secondary N) is 1. The Bertz CT molecular complexity index is 1030. The molecule has 166 valence electrons. The summed E-state index contributed by atoms with van der Waals surface area (Å²) in [5.74, 6) is 0. The summed E-state index contributed by atoms with van der Waals surface area (Å²) in [6.07, 6.45) is 6.97. The fourth-order valence-electron chi connectivity index (χ4n) is 4.42. The summed E-state index contributed by atoms with van der Waals surface area (Å²) in [6.45, 7) is 2.38. The first-order chi connectivity index (χ1) is 15.6. The number of H-pyrrole nitrogens is 1. The van der Waals surface area contributed by atoms with E-state index in [2.05, 4.69) is 46.4 Å². The van der Waals surface area contributed by atoms with Gasteiger partial charge in [-0.25, -0.2) is 0 Å². The molecule has 0 aliphatic carbocycles. The molecule has 0 radical (unpaired) electrons. The van der Waals surface area contributed by atoms with E-state index in [1.807, 2.05) is 29.3 Å². The molecule has 32 heavy (non-hydrogen) atoms. The van der Waals surface area contributed by atoms with Gasteiger partial charge in [-0.15, -0.1) is 0 Å². The zero-order valence-electron chi connectivity index (χ0n) is 18.2. The topological polar surface area (TPSA) is 78.5 Å². The standard InChI is InChI=1S/C25H28N4O3/c1-28(24-7-5-22(6-8-24)23-14-26-27-15-23)18-25(9-11-32-12-10-25)29(19-31)16-20-3-2-4-21(13-20)17-30/h2-8,13-15,17,19H,9-12,16,18H2,1H3,(H,26,27). The van der Waals surface area contributed by atoms with Gasteiger partial charge in [0.25, 0.3) is 0 Å². The van der Waals surface area contributed by atoms with E-state index in [0.717, 1.165) is 47.9 Å². The van der Waals surface area contributed by atoms with E-state index in [1.54, 1.807) is 12.3 Å². The molecular weight excluding hydrogens is 404 g/mol. The van der Waals surface area contributed by atoms with Crippen molar-refractivity contribution in [2.75, 3.05) is 31.7 Å². The Morgan fingerprint density at radius 3 is 2.53 bits per heavy atom. The van der Waals surface area contributed by atoms with Crippen LogP contribution in [0.5, 0.6) is 0 Å². The lowest BCUT2D eigenvalue weighted by Gasteiger charge is -2.47. The van der Waals surface area contributed by atoms with Crippen LogP contribution < -0.4 is 4.90 Å². The number of anilines is 1. The molecule has 2 heterocycles. The van der Waals surface area contributed by atoms with Gasteiger partial charge in [-0.3, -0.25) is 14.7 Å². The molecular formula is C25H28N4O3. The predicted molar refractivity (Wildman–Crippen MR) is 124 cm³/mol. The maximum Gasteiger partial charge on any atom is 0.210 e. The molecule has 1 amide bonds. The fourth-order valence-corrected chi connectivity index (χ4v) is 4.42. The van der Waals surface area contributed by atoms with Gasteiger partial charge in [-0.2, -0.15) is 5.10 Å². The molecule has 2 aromatic carbocycles. The number of carbonyl (C=O) groups excluding carboxylic acids is 2. The van der Waals surface area contributed by atoms with Crippen LogP contribution in [0.1, 0.15) is 28.8 Å². The number of likely N-dealkylation sites (N-methyl/N-ethyl adjacent to an activating group) is 1. The quantitative estimate of drug-likeness (QED) is 0.524. The smallest absolute Gasteiger partial charge is 0.210 e. The molecule has 3 aromatic rings. The van der Waals surface area contributed by atoms with E-state index in [4.69, 9.17) is 4.74 Å². The lowest BCUT2D eigenvalue weighted by atomic mass is 9.87. The van der Waals surface area contributed by atoms with Gasteiger partial charge in [0.15, 0.2) is 0 Å². The molecule has 1 fully saturated rings. The van der Waals surface area contributed by atoms with Gasteiger partial charge in [0.05, 0.1) is 11.7 Å². The van der Waals surface area contributed by atoms with Crippen LogP contribution in [-0.4, -0.2) is 60.1 Å². The van der Waals surface area contributed by atoms with Crippen LogP contribution >= 0.6 is 0 Å². The lowest BCUT2D eigenvalue weighted by Crippen LogP contribution is -2.57. The van der Waals surface area contributed by atoms with Crippen LogP contribution in [0.25, 0.3) is 11.1 Å². The highest BCUT2D eigenvalue weighted by Gasteiger charge is 2.39. The van der Waals surface area contributed by atoms with E-state index in [9.17, 15) is 9.59 Å². The Kier molecular flexibility index (Phi) is 6.66. The Morgan fingerprint density at radius 2 is 1.88 bits per heavy atom. The van der Waals surface area contributed by atoms with Crippen LogP contribution in [0.4, 0.5) is 5.69 Å². The second kappa shape index (κ2) is 9.78. The monoisotopic (exact) mass is 432 g/mol. The van der Waals surface area contributed by atoms with Crippen molar-refractivity contribution in [3.63, 3.8) is 0 Å². The van der Waals surface area contributed by atoms with Crippen molar-refractivity contribution < 1.29 is 14.3 Å². The highest BCUT2D eigenvalue weighted by Crippen LogP contribution is 2.31.